The van der Waals surface area contributed by atoms with Crippen molar-refractivity contribution in [1.82, 2.24) is 10.2 Å². The van der Waals surface area contributed by atoms with Crippen molar-refractivity contribution >= 4 is 23.6 Å². The normalized spacial score (nSPS) is 14.7. The van der Waals surface area contributed by atoms with Gasteiger partial charge in [-0.15, -0.1) is 11.8 Å². The van der Waals surface area contributed by atoms with Crippen molar-refractivity contribution in [2.24, 2.45) is 0 Å². The lowest BCUT2D eigenvalue weighted by Gasteiger charge is -2.29. The summed E-state index contributed by atoms with van der Waals surface area (Å²) in [7, 11) is 1.62. The number of halogens is 1. The van der Waals surface area contributed by atoms with E-state index in [9.17, 15) is 14.0 Å². The van der Waals surface area contributed by atoms with Crippen molar-refractivity contribution in [3.63, 3.8) is 0 Å². The minimum absolute atomic E-state index is 0.0633. The number of carbonyl (C=O) groups is 2. The quantitative estimate of drug-likeness (QED) is 0.568. The second-order valence-corrected chi connectivity index (χ2v) is 9.11. The molecule has 0 bridgehead atoms. The van der Waals surface area contributed by atoms with Crippen molar-refractivity contribution < 1.29 is 18.7 Å². The zero-order valence-electron chi connectivity index (χ0n) is 18.7. The molecule has 2 aromatic carbocycles. The molecule has 0 aliphatic heterocycles. The molecule has 5 nitrogen and oxygen atoms in total. The van der Waals surface area contributed by atoms with Gasteiger partial charge in [0.15, 0.2) is 0 Å². The fourth-order valence-electron chi connectivity index (χ4n) is 3.85. The molecule has 7 heteroatoms. The van der Waals surface area contributed by atoms with E-state index in [1.165, 1.54) is 22.7 Å². The zero-order valence-corrected chi connectivity index (χ0v) is 19.5. The van der Waals surface area contributed by atoms with Gasteiger partial charge in [-0.3, -0.25) is 9.59 Å². The van der Waals surface area contributed by atoms with Gasteiger partial charge in [-0.2, -0.15) is 0 Å². The van der Waals surface area contributed by atoms with E-state index in [-0.39, 0.29) is 36.0 Å². The Labute approximate surface area is 193 Å². The van der Waals surface area contributed by atoms with E-state index in [4.69, 9.17) is 4.74 Å². The van der Waals surface area contributed by atoms with Gasteiger partial charge in [0.25, 0.3) is 0 Å². The number of methoxy groups -OCH3 is 1. The number of carbonyl (C=O) groups excluding carboxylic acids is 2. The molecule has 2 aromatic rings. The Hall–Kier alpha value is -2.54. The summed E-state index contributed by atoms with van der Waals surface area (Å²) < 4.78 is 19.5. The first-order chi connectivity index (χ1) is 15.5. The van der Waals surface area contributed by atoms with Crippen LogP contribution in [0.1, 0.15) is 43.7 Å². The highest BCUT2D eigenvalue weighted by Crippen LogP contribution is 2.21. The van der Waals surface area contributed by atoms with Crippen LogP contribution in [0.2, 0.25) is 0 Å². The monoisotopic (exact) mass is 458 g/mol. The summed E-state index contributed by atoms with van der Waals surface area (Å²) >= 11 is 1.48. The summed E-state index contributed by atoms with van der Waals surface area (Å²) in [6, 6.07) is 13.6. The summed E-state index contributed by atoms with van der Waals surface area (Å²) in [5.74, 6) is 0.920. The molecule has 1 fully saturated rings. The van der Waals surface area contributed by atoms with E-state index in [0.717, 1.165) is 37.0 Å². The Morgan fingerprint density at radius 1 is 1.16 bits per heavy atom. The summed E-state index contributed by atoms with van der Waals surface area (Å²) in [5.41, 5.74) is 1.48. The molecule has 0 heterocycles. The van der Waals surface area contributed by atoms with Gasteiger partial charge < -0.3 is 15.0 Å². The molecule has 1 atom stereocenters. The predicted molar refractivity (Wildman–Crippen MR) is 126 cm³/mol. The van der Waals surface area contributed by atoms with Gasteiger partial charge >= 0.3 is 0 Å². The van der Waals surface area contributed by atoms with Gasteiger partial charge in [-0.25, -0.2) is 4.39 Å². The highest BCUT2D eigenvalue weighted by atomic mass is 32.2. The lowest BCUT2D eigenvalue weighted by Crippen LogP contribution is -2.50. The Morgan fingerprint density at radius 2 is 1.84 bits per heavy atom. The second kappa shape index (κ2) is 11.9. The summed E-state index contributed by atoms with van der Waals surface area (Å²) in [6.07, 6.45) is 4.16. The molecule has 0 radical (unpaired) electrons. The highest BCUT2D eigenvalue weighted by molar-refractivity contribution is 7.99. The van der Waals surface area contributed by atoms with Crippen LogP contribution in [-0.4, -0.2) is 41.7 Å². The average molecular weight is 459 g/mol. The topological polar surface area (TPSA) is 58.6 Å². The lowest BCUT2D eigenvalue weighted by molar-refractivity contribution is -0.139. The first-order valence-corrected chi connectivity index (χ1v) is 12.2. The Bertz CT molecular complexity index is 900. The molecule has 172 valence electrons. The SMILES string of the molecule is COc1ccc(CSCC(=O)N(Cc2ccccc2F)[C@@H](C)C(=O)NC2CCCC2)cc1. The van der Waals surface area contributed by atoms with Crippen molar-refractivity contribution in [2.75, 3.05) is 12.9 Å². The van der Waals surface area contributed by atoms with E-state index in [0.29, 0.717) is 11.3 Å². The largest absolute Gasteiger partial charge is 0.497 e. The number of nitrogens with one attached hydrogen (secondary N) is 1. The van der Waals surface area contributed by atoms with Crippen LogP contribution >= 0.6 is 11.8 Å². The number of hydrogen-bond donors (Lipinski definition) is 1. The molecule has 1 aliphatic carbocycles. The predicted octanol–water partition coefficient (Wildman–Crippen LogP) is 4.54. The van der Waals surface area contributed by atoms with Crippen LogP contribution in [0.3, 0.4) is 0 Å². The van der Waals surface area contributed by atoms with Crippen LogP contribution in [0.15, 0.2) is 48.5 Å². The summed E-state index contributed by atoms with van der Waals surface area (Å²) in [6.45, 7) is 1.78. The first kappa shape index (κ1) is 24.1. The first-order valence-electron chi connectivity index (χ1n) is 11.0. The van der Waals surface area contributed by atoms with Crippen LogP contribution in [0.4, 0.5) is 4.39 Å². The third-order valence-electron chi connectivity index (χ3n) is 5.82. The smallest absolute Gasteiger partial charge is 0.242 e. The summed E-state index contributed by atoms with van der Waals surface area (Å²) in [5, 5.41) is 3.06. The summed E-state index contributed by atoms with van der Waals surface area (Å²) in [4.78, 5) is 27.5. The Balaban J connectivity index is 1.64. The van der Waals surface area contributed by atoms with Crippen molar-refractivity contribution in [3.8, 4) is 5.75 Å². The maximum Gasteiger partial charge on any atom is 0.242 e. The highest BCUT2D eigenvalue weighted by Gasteiger charge is 2.28. The maximum atomic E-state index is 14.3. The number of thioether (sulfide) groups is 1. The molecular formula is C25H31FN2O3S. The lowest BCUT2D eigenvalue weighted by atomic mass is 10.1. The molecule has 2 amide bonds. The van der Waals surface area contributed by atoms with E-state index in [1.54, 1.807) is 32.2 Å². The standard InChI is InChI=1S/C25H31FN2O3S/c1-18(25(30)27-21-8-4-5-9-21)28(15-20-7-3-6-10-23(20)26)24(29)17-32-16-19-11-13-22(31-2)14-12-19/h3,6-7,10-14,18,21H,4-5,8-9,15-17H2,1-2H3,(H,27,30)/t18-/m0/s1. The number of ether oxygens (including phenoxy) is 1. The van der Waals surface area contributed by atoms with Crippen molar-refractivity contribution in [3.05, 3.63) is 65.5 Å². The van der Waals surface area contributed by atoms with E-state index in [1.807, 2.05) is 24.3 Å². The molecule has 32 heavy (non-hydrogen) atoms. The van der Waals surface area contributed by atoms with Gasteiger partial charge in [0.05, 0.1) is 12.9 Å². The van der Waals surface area contributed by atoms with Gasteiger partial charge in [0.1, 0.15) is 17.6 Å². The van der Waals surface area contributed by atoms with Crippen LogP contribution in [0.25, 0.3) is 0 Å². The van der Waals surface area contributed by atoms with Crippen molar-refractivity contribution in [2.45, 2.75) is 57.0 Å². The minimum Gasteiger partial charge on any atom is -0.497 e. The fourth-order valence-corrected chi connectivity index (χ4v) is 4.72. The second-order valence-electron chi connectivity index (χ2n) is 8.12. The van der Waals surface area contributed by atoms with Crippen LogP contribution in [-0.2, 0) is 21.9 Å². The Morgan fingerprint density at radius 3 is 2.50 bits per heavy atom. The average Bonchev–Trinajstić information content (AvgIpc) is 3.31. The molecule has 0 saturated heterocycles. The molecule has 0 unspecified atom stereocenters. The molecule has 1 saturated carbocycles. The maximum absolute atomic E-state index is 14.3. The van der Waals surface area contributed by atoms with Gasteiger partial charge in [-0.05, 0) is 43.5 Å². The number of amides is 2. The minimum atomic E-state index is -0.677. The molecule has 0 aromatic heterocycles. The van der Waals surface area contributed by atoms with Crippen LogP contribution in [0.5, 0.6) is 5.75 Å². The van der Waals surface area contributed by atoms with E-state index in [2.05, 4.69) is 5.32 Å². The van der Waals surface area contributed by atoms with Crippen molar-refractivity contribution in [1.29, 1.82) is 0 Å². The molecule has 1 N–H and O–H groups in total. The van der Waals surface area contributed by atoms with E-state index < -0.39 is 6.04 Å². The van der Waals surface area contributed by atoms with Gasteiger partial charge in [0.2, 0.25) is 11.8 Å². The third-order valence-corrected chi connectivity index (χ3v) is 6.81. The van der Waals surface area contributed by atoms with Crippen LogP contribution < -0.4 is 10.1 Å². The number of rotatable bonds is 10. The van der Waals surface area contributed by atoms with Gasteiger partial charge in [0, 0.05) is 23.9 Å². The number of hydrogen-bond acceptors (Lipinski definition) is 4. The molecule has 3 rings (SSSR count). The molecule has 1 aliphatic rings. The Kier molecular flexibility index (Phi) is 8.97. The number of benzene rings is 2. The van der Waals surface area contributed by atoms with E-state index >= 15 is 0 Å². The van der Waals surface area contributed by atoms with Gasteiger partial charge in [-0.1, -0.05) is 43.2 Å². The number of nitrogens with zero attached hydrogens (tertiary/aromatic N) is 1. The third kappa shape index (κ3) is 6.73. The fraction of sp³-hybridized carbons (Fsp3) is 0.440. The molecular weight excluding hydrogens is 427 g/mol. The van der Waals surface area contributed by atoms with Crippen LogP contribution in [0, 0.1) is 5.82 Å². The molecule has 0 spiro atoms. The zero-order chi connectivity index (χ0) is 22.9.